The van der Waals surface area contributed by atoms with E-state index in [2.05, 4.69) is 39.7 Å². The number of fused-ring (bicyclic) bond motifs is 3. The average molecular weight is 399 g/mol. The van der Waals surface area contributed by atoms with Gasteiger partial charge in [0, 0.05) is 19.0 Å². The maximum Gasteiger partial charge on any atom is 0.157 e. The van der Waals surface area contributed by atoms with E-state index in [4.69, 9.17) is 4.98 Å². The summed E-state index contributed by atoms with van der Waals surface area (Å²) in [4.78, 5) is 7.33. The fraction of sp³-hybridized carbons (Fsp3) is 0.458. The average Bonchev–Trinajstić information content (AvgIpc) is 3.18. The number of anilines is 1. The molecule has 0 aliphatic carbocycles. The molecule has 2 saturated heterocycles. The molecule has 0 bridgehead atoms. The molecule has 3 aromatic rings. The molecule has 1 N–H and O–H groups in total. The number of pyridine rings is 1. The summed E-state index contributed by atoms with van der Waals surface area (Å²) >= 11 is 0. The molecule has 0 unspecified atom stereocenters. The van der Waals surface area contributed by atoms with Gasteiger partial charge in [0.15, 0.2) is 5.65 Å². The van der Waals surface area contributed by atoms with Crippen LogP contribution >= 0.6 is 0 Å². The lowest BCUT2D eigenvalue weighted by atomic mass is 9.84. The smallest absolute Gasteiger partial charge is 0.157 e. The van der Waals surface area contributed by atoms with E-state index in [0.717, 1.165) is 79.9 Å². The van der Waals surface area contributed by atoms with Crippen molar-refractivity contribution in [3.63, 3.8) is 0 Å². The number of benzene rings is 1. The zero-order valence-electron chi connectivity index (χ0n) is 17.4. The van der Waals surface area contributed by atoms with Crippen molar-refractivity contribution in [2.24, 2.45) is 5.92 Å². The largest absolute Gasteiger partial charge is 0.357 e. The van der Waals surface area contributed by atoms with Gasteiger partial charge in [-0.3, -0.25) is 4.40 Å². The van der Waals surface area contributed by atoms with Gasteiger partial charge in [0.2, 0.25) is 0 Å². The first-order valence-corrected chi connectivity index (χ1v) is 10.9. The summed E-state index contributed by atoms with van der Waals surface area (Å²) in [6.07, 6.45) is 3.85. The van der Waals surface area contributed by atoms with E-state index in [9.17, 15) is 10.5 Å². The molecule has 2 fully saturated rings. The van der Waals surface area contributed by atoms with Gasteiger partial charge < -0.3 is 10.2 Å². The molecule has 6 heteroatoms. The van der Waals surface area contributed by atoms with Crippen LogP contribution in [0.4, 0.5) is 5.82 Å². The Morgan fingerprint density at radius 1 is 1.07 bits per heavy atom. The summed E-state index contributed by atoms with van der Waals surface area (Å²) in [5.41, 5.74) is 5.84. The van der Waals surface area contributed by atoms with Crippen molar-refractivity contribution in [2.45, 2.75) is 38.5 Å². The van der Waals surface area contributed by atoms with Gasteiger partial charge in [-0.1, -0.05) is 12.1 Å². The van der Waals surface area contributed by atoms with Gasteiger partial charge in [0.1, 0.15) is 11.9 Å². The summed E-state index contributed by atoms with van der Waals surface area (Å²) in [7, 11) is 0. The van der Waals surface area contributed by atoms with Crippen LogP contribution < -0.4 is 10.2 Å². The summed E-state index contributed by atoms with van der Waals surface area (Å²) in [6.45, 7) is 5.87. The standard InChI is InChI=1S/C24H26N6/c1-16-22(18-6-10-27-11-7-18)19(15-26)23-28-20-4-2-3-5-21(20)30(23)24(16)29-12-8-17(14-25)9-13-29/h2-5,17-18,27H,6-13H2,1H3. The molecule has 30 heavy (non-hydrogen) atoms. The van der Waals surface area contributed by atoms with Crippen LogP contribution in [0.5, 0.6) is 0 Å². The maximum absolute atomic E-state index is 10.2. The minimum atomic E-state index is 0.138. The minimum absolute atomic E-state index is 0.138. The molecule has 2 aliphatic rings. The van der Waals surface area contributed by atoms with Crippen molar-refractivity contribution in [1.82, 2.24) is 14.7 Å². The van der Waals surface area contributed by atoms with Crippen LogP contribution in [0.15, 0.2) is 24.3 Å². The highest BCUT2D eigenvalue weighted by atomic mass is 15.2. The fourth-order valence-corrected chi connectivity index (χ4v) is 5.33. The van der Waals surface area contributed by atoms with Crippen LogP contribution in [0.3, 0.4) is 0 Å². The number of nitrogens with zero attached hydrogens (tertiary/aromatic N) is 5. The second-order valence-corrected chi connectivity index (χ2v) is 8.52. The Labute approximate surface area is 176 Å². The van der Waals surface area contributed by atoms with Crippen LogP contribution in [0.25, 0.3) is 16.7 Å². The first kappa shape index (κ1) is 18.9. The lowest BCUT2D eigenvalue weighted by molar-refractivity contribution is 0.457. The Kier molecular flexibility index (Phi) is 4.81. The fourth-order valence-electron chi connectivity index (χ4n) is 5.33. The van der Waals surface area contributed by atoms with Crippen LogP contribution in [-0.4, -0.2) is 35.6 Å². The number of para-hydroxylation sites is 2. The number of piperidine rings is 2. The highest BCUT2D eigenvalue weighted by molar-refractivity contribution is 5.86. The minimum Gasteiger partial charge on any atom is -0.357 e. The number of rotatable bonds is 2. The summed E-state index contributed by atoms with van der Waals surface area (Å²) in [5.74, 6) is 1.67. The summed E-state index contributed by atoms with van der Waals surface area (Å²) in [5, 5.41) is 23.0. The molecule has 1 aromatic carbocycles. The van der Waals surface area contributed by atoms with Crippen molar-refractivity contribution in [1.29, 1.82) is 10.5 Å². The zero-order valence-corrected chi connectivity index (χ0v) is 17.4. The zero-order chi connectivity index (χ0) is 20.7. The molecule has 0 saturated carbocycles. The van der Waals surface area contributed by atoms with Crippen molar-refractivity contribution in [3.05, 3.63) is 41.0 Å². The van der Waals surface area contributed by atoms with Crippen LogP contribution in [0.1, 0.15) is 48.3 Å². The van der Waals surface area contributed by atoms with Gasteiger partial charge in [-0.2, -0.15) is 10.5 Å². The number of hydrogen-bond donors (Lipinski definition) is 1. The van der Waals surface area contributed by atoms with Gasteiger partial charge >= 0.3 is 0 Å². The number of aromatic nitrogens is 2. The van der Waals surface area contributed by atoms with Gasteiger partial charge in [0.25, 0.3) is 0 Å². The monoisotopic (exact) mass is 398 g/mol. The normalized spacial score (nSPS) is 18.6. The van der Waals surface area contributed by atoms with E-state index in [0.29, 0.717) is 5.92 Å². The Morgan fingerprint density at radius 3 is 2.50 bits per heavy atom. The summed E-state index contributed by atoms with van der Waals surface area (Å²) < 4.78 is 2.19. The van der Waals surface area contributed by atoms with Crippen LogP contribution in [0, 0.1) is 35.5 Å². The van der Waals surface area contributed by atoms with Crippen molar-refractivity contribution >= 4 is 22.5 Å². The molecule has 2 aliphatic heterocycles. The molecule has 0 radical (unpaired) electrons. The Bertz CT molecular complexity index is 1180. The van der Waals surface area contributed by atoms with E-state index in [1.165, 1.54) is 11.1 Å². The SMILES string of the molecule is Cc1c(C2CCNCC2)c(C#N)c2nc3ccccc3n2c1N1CCC(C#N)CC1. The third-order valence-corrected chi connectivity index (χ3v) is 6.84. The second-order valence-electron chi connectivity index (χ2n) is 8.52. The Morgan fingerprint density at radius 2 is 1.80 bits per heavy atom. The van der Waals surface area contributed by atoms with Crippen molar-refractivity contribution in [2.75, 3.05) is 31.1 Å². The van der Waals surface area contributed by atoms with E-state index in [1.807, 2.05) is 18.2 Å². The maximum atomic E-state index is 10.2. The van der Waals surface area contributed by atoms with Gasteiger partial charge in [-0.25, -0.2) is 4.98 Å². The summed E-state index contributed by atoms with van der Waals surface area (Å²) in [6, 6.07) is 13.1. The van der Waals surface area contributed by atoms with Crippen molar-refractivity contribution < 1.29 is 0 Å². The molecule has 6 nitrogen and oxygen atoms in total. The Hall–Kier alpha value is -3.09. The van der Waals surface area contributed by atoms with E-state index in [-0.39, 0.29) is 5.92 Å². The molecule has 2 aromatic heterocycles. The topological polar surface area (TPSA) is 80.2 Å². The number of imidazole rings is 1. The van der Waals surface area contributed by atoms with Gasteiger partial charge in [-0.15, -0.1) is 0 Å². The lowest BCUT2D eigenvalue weighted by Gasteiger charge is -2.35. The van der Waals surface area contributed by atoms with E-state index < -0.39 is 0 Å². The first-order chi connectivity index (χ1) is 14.7. The second kappa shape index (κ2) is 7.63. The lowest BCUT2D eigenvalue weighted by Crippen LogP contribution is -2.35. The quantitative estimate of drug-likeness (QED) is 0.709. The molecule has 0 spiro atoms. The molecular formula is C24H26N6. The predicted octanol–water partition coefficient (Wildman–Crippen LogP) is 3.87. The number of nitrogens with one attached hydrogen (secondary N) is 1. The molecule has 0 amide bonds. The Balaban J connectivity index is 1.79. The number of nitriles is 2. The molecule has 0 atom stereocenters. The predicted molar refractivity (Wildman–Crippen MR) is 118 cm³/mol. The van der Waals surface area contributed by atoms with E-state index in [1.54, 1.807) is 0 Å². The molecule has 152 valence electrons. The molecule has 5 rings (SSSR count). The van der Waals surface area contributed by atoms with Crippen LogP contribution in [-0.2, 0) is 0 Å². The number of hydrogen-bond acceptors (Lipinski definition) is 5. The third-order valence-electron chi connectivity index (χ3n) is 6.84. The van der Waals surface area contributed by atoms with Crippen LogP contribution in [0.2, 0.25) is 0 Å². The molecule has 4 heterocycles. The highest BCUT2D eigenvalue weighted by Gasteiger charge is 2.30. The van der Waals surface area contributed by atoms with Crippen molar-refractivity contribution in [3.8, 4) is 12.1 Å². The first-order valence-electron chi connectivity index (χ1n) is 10.9. The molecular weight excluding hydrogens is 372 g/mol. The third kappa shape index (κ3) is 2.91. The van der Waals surface area contributed by atoms with E-state index >= 15 is 0 Å². The van der Waals surface area contributed by atoms with Gasteiger partial charge in [-0.05, 0) is 74.9 Å². The van der Waals surface area contributed by atoms with Gasteiger partial charge in [0.05, 0.1) is 22.7 Å². The highest BCUT2D eigenvalue weighted by Crippen LogP contribution is 2.40.